The van der Waals surface area contributed by atoms with Gasteiger partial charge in [0.25, 0.3) is 0 Å². The molecule has 0 aromatic heterocycles. The minimum absolute atomic E-state index is 0.109. The number of fused-ring (bicyclic) bond motifs is 2. The highest BCUT2D eigenvalue weighted by atomic mass is 16.4. The lowest BCUT2D eigenvalue weighted by molar-refractivity contribution is 0.0695. The van der Waals surface area contributed by atoms with Gasteiger partial charge in [0.2, 0.25) is 11.8 Å². The minimum Gasteiger partial charge on any atom is -0.478 e. The number of hydrogen-bond donors (Lipinski definition) is 4. The van der Waals surface area contributed by atoms with Crippen LogP contribution in [0.3, 0.4) is 0 Å². The molecule has 0 aliphatic rings. The molecule has 5 aromatic rings. The van der Waals surface area contributed by atoms with E-state index in [1.54, 1.807) is 24.3 Å². The second-order valence-electron chi connectivity index (χ2n) is 9.25. The topological polar surface area (TPSA) is 161 Å². The zero-order chi connectivity index (χ0) is 27.3. The van der Waals surface area contributed by atoms with Crippen molar-refractivity contribution in [3.8, 4) is 0 Å². The van der Waals surface area contributed by atoms with E-state index < -0.39 is 23.8 Å². The van der Waals surface area contributed by atoms with Crippen molar-refractivity contribution in [1.82, 2.24) is 0 Å². The highest BCUT2D eigenvalue weighted by molar-refractivity contribution is 6.39. The molecule has 6 N–H and O–H groups in total. The van der Waals surface area contributed by atoms with E-state index in [-0.39, 0.29) is 27.6 Å². The van der Waals surface area contributed by atoms with Crippen molar-refractivity contribution in [1.29, 1.82) is 0 Å². The Morgan fingerprint density at radius 3 is 1.76 bits per heavy atom. The molecule has 5 rings (SSSR count). The van der Waals surface area contributed by atoms with Gasteiger partial charge in [-0.05, 0) is 68.6 Å². The van der Waals surface area contributed by atoms with Crippen molar-refractivity contribution in [2.75, 3.05) is 0 Å². The van der Waals surface area contributed by atoms with Crippen LogP contribution in [-0.4, -0.2) is 34.0 Å². The minimum atomic E-state index is -1.25. The molecule has 0 heterocycles. The zero-order valence-electron chi connectivity index (χ0n) is 20.5. The van der Waals surface area contributed by atoms with E-state index in [1.807, 2.05) is 12.2 Å². The SMILES string of the molecule is CCCCC=Cc1cc(C(N)=O)c2c(C(N)=O)ccc3c4ccc(C(=O)O)c5c(C(=O)O)ccc(c1c23)c54. The van der Waals surface area contributed by atoms with E-state index in [0.29, 0.717) is 43.3 Å². The Hall–Kier alpha value is -4.98. The van der Waals surface area contributed by atoms with Crippen LogP contribution >= 0.6 is 0 Å². The number of carbonyl (C=O) groups excluding carboxylic acids is 2. The summed E-state index contributed by atoms with van der Waals surface area (Å²) < 4.78 is 0. The molecule has 0 atom stereocenters. The Kier molecular flexibility index (Phi) is 5.95. The summed E-state index contributed by atoms with van der Waals surface area (Å²) in [5.41, 5.74) is 12.1. The largest absolute Gasteiger partial charge is 0.478 e. The fourth-order valence-corrected chi connectivity index (χ4v) is 5.45. The third kappa shape index (κ3) is 3.61. The number of rotatable bonds is 8. The zero-order valence-corrected chi connectivity index (χ0v) is 20.5. The number of nitrogens with two attached hydrogens (primary N) is 2. The molecule has 8 heteroatoms. The van der Waals surface area contributed by atoms with Crippen LogP contribution in [0.1, 0.15) is 73.2 Å². The van der Waals surface area contributed by atoms with Crippen LogP contribution in [0.2, 0.25) is 0 Å². The molecule has 0 saturated heterocycles. The van der Waals surface area contributed by atoms with Crippen molar-refractivity contribution in [2.45, 2.75) is 26.2 Å². The maximum atomic E-state index is 12.6. The van der Waals surface area contributed by atoms with Gasteiger partial charge in [-0.1, -0.05) is 50.1 Å². The van der Waals surface area contributed by atoms with Gasteiger partial charge in [-0.2, -0.15) is 0 Å². The van der Waals surface area contributed by atoms with Crippen molar-refractivity contribution in [3.63, 3.8) is 0 Å². The molecule has 38 heavy (non-hydrogen) atoms. The summed E-state index contributed by atoms with van der Waals surface area (Å²) in [6.45, 7) is 2.08. The Morgan fingerprint density at radius 2 is 1.21 bits per heavy atom. The van der Waals surface area contributed by atoms with Crippen LogP contribution in [0.15, 0.2) is 48.5 Å². The normalized spacial score (nSPS) is 11.8. The molecule has 190 valence electrons. The molecule has 0 radical (unpaired) electrons. The van der Waals surface area contributed by atoms with Gasteiger partial charge < -0.3 is 21.7 Å². The standard InChI is InChI=1S/C30H24N2O6/c1-2-3-4-5-6-14-13-21(28(32)34)24-18(27(31)33)10-7-16-15-8-11-19(29(35)36)25-20(30(37)38)12-9-17(23(15)25)22(14)26(16)24/h5-13H,2-4H2,1H3,(H2,31,33)(H2,32,34)(H,35,36)(H,37,38). The monoisotopic (exact) mass is 508 g/mol. The fourth-order valence-electron chi connectivity index (χ4n) is 5.45. The van der Waals surface area contributed by atoms with E-state index in [2.05, 4.69) is 6.92 Å². The van der Waals surface area contributed by atoms with Crippen LogP contribution in [0.25, 0.3) is 49.2 Å². The number of allylic oxidation sites excluding steroid dienone is 1. The summed E-state index contributed by atoms with van der Waals surface area (Å²) >= 11 is 0. The Morgan fingerprint density at radius 1 is 0.684 bits per heavy atom. The van der Waals surface area contributed by atoms with Crippen molar-refractivity contribution >= 4 is 72.9 Å². The van der Waals surface area contributed by atoms with Crippen LogP contribution in [0.5, 0.6) is 0 Å². The predicted octanol–water partition coefficient (Wildman–Crippen LogP) is 5.53. The summed E-state index contributed by atoms with van der Waals surface area (Å²) in [7, 11) is 0. The van der Waals surface area contributed by atoms with Gasteiger partial charge in [-0.25, -0.2) is 9.59 Å². The second kappa shape index (κ2) is 9.15. The molecule has 5 aromatic carbocycles. The number of benzene rings is 5. The van der Waals surface area contributed by atoms with Gasteiger partial charge in [-0.3, -0.25) is 9.59 Å². The Labute approximate surface area is 216 Å². The van der Waals surface area contributed by atoms with E-state index in [4.69, 9.17) is 11.5 Å². The summed E-state index contributed by atoms with van der Waals surface area (Å²) in [5.74, 6) is -3.95. The first-order valence-electron chi connectivity index (χ1n) is 12.1. The Balaban J connectivity index is 2.13. The molecule has 0 aliphatic heterocycles. The maximum Gasteiger partial charge on any atom is 0.336 e. The number of aromatic carboxylic acids is 2. The van der Waals surface area contributed by atoms with Crippen LogP contribution in [0, 0.1) is 0 Å². The predicted molar refractivity (Wildman–Crippen MR) is 147 cm³/mol. The van der Waals surface area contributed by atoms with E-state index in [0.717, 1.165) is 19.3 Å². The molecule has 0 saturated carbocycles. The summed E-state index contributed by atoms with van der Waals surface area (Å²) in [6, 6.07) is 10.8. The van der Waals surface area contributed by atoms with Crippen LogP contribution < -0.4 is 11.5 Å². The molecule has 0 unspecified atom stereocenters. The highest BCUT2D eigenvalue weighted by Crippen LogP contribution is 2.45. The first kappa shape index (κ1) is 24.7. The lowest BCUT2D eigenvalue weighted by atomic mass is 9.82. The quantitative estimate of drug-likeness (QED) is 0.122. The van der Waals surface area contributed by atoms with Gasteiger partial charge >= 0.3 is 11.9 Å². The smallest absolute Gasteiger partial charge is 0.336 e. The van der Waals surface area contributed by atoms with Gasteiger partial charge in [0.15, 0.2) is 0 Å². The van der Waals surface area contributed by atoms with E-state index in [1.165, 1.54) is 18.2 Å². The summed E-state index contributed by atoms with van der Waals surface area (Å²) in [5, 5.41) is 23.7. The molecule has 0 fully saturated rings. The van der Waals surface area contributed by atoms with Gasteiger partial charge in [0, 0.05) is 21.9 Å². The summed E-state index contributed by atoms with van der Waals surface area (Å²) in [4.78, 5) is 49.4. The maximum absolute atomic E-state index is 12.6. The van der Waals surface area contributed by atoms with Crippen molar-refractivity contribution in [3.05, 3.63) is 76.4 Å². The third-order valence-electron chi connectivity index (χ3n) is 7.05. The van der Waals surface area contributed by atoms with Crippen molar-refractivity contribution in [2.24, 2.45) is 11.5 Å². The second-order valence-corrected chi connectivity index (χ2v) is 9.25. The number of carbonyl (C=O) groups is 4. The van der Waals surface area contributed by atoms with E-state index in [9.17, 15) is 29.4 Å². The number of carboxylic acids is 2. The summed E-state index contributed by atoms with van der Waals surface area (Å²) in [6.07, 6.45) is 6.61. The molecule has 2 amide bonds. The number of hydrogen-bond acceptors (Lipinski definition) is 4. The first-order valence-corrected chi connectivity index (χ1v) is 12.1. The molecular formula is C30H24N2O6. The van der Waals surface area contributed by atoms with Crippen molar-refractivity contribution < 1.29 is 29.4 Å². The van der Waals surface area contributed by atoms with E-state index >= 15 is 0 Å². The van der Waals surface area contributed by atoms with Gasteiger partial charge in [-0.15, -0.1) is 0 Å². The fraction of sp³-hybridized carbons (Fsp3) is 0.133. The van der Waals surface area contributed by atoms with Gasteiger partial charge in [0.05, 0.1) is 11.1 Å². The number of primary amides is 2. The average molecular weight is 509 g/mol. The third-order valence-corrected chi connectivity index (χ3v) is 7.05. The molecule has 0 bridgehead atoms. The van der Waals surface area contributed by atoms with Gasteiger partial charge in [0.1, 0.15) is 0 Å². The number of unbranched alkanes of at least 4 members (excludes halogenated alkanes) is 2. The average Bonchev–Trinajstić information content (AvgIpc) is 2.88. The molecule has 8 nitrogen and oxygen atoms in total. The molecule has 0 spiro atoms. The Bertz CT molecular complexity index is 1850. The number of carboxylic acid groups (broad SMARTS) is 2. The lowest BCUT2D eigenvalue weighted by Crippen LogP contribution is -2.17. The highest BCUT2D eigenvalue weighted by Gasteiger charge is 2.26. The van der Waals surface area contributed by atoms with Crippen LogP contribution in [0.4, 0.5) is 0 Å². The molecule has 0 aliphatic carbocycles. The first-order chi connectivity index (χ1) is 18.2. The van der Waals surface area contributed by atoms with Crippen LogP contribution in [-0.2, 0) is 0 Å². The lowest BCUT2D eigenvalue weighted by Gasteiger charge is -2.20. The molecular weight excluding hydrogens is 484 g/mol. The number of amides is 2.